The Hall–Kier alpha value is -0.520. The molecule has 0 nitrogen and oxygen atoms in total. The molecule has 0 heterocycles. The fraction of sp³-hybridized carbons (Fsp3) is 0.636. The average Bonchev–Trinajstić information content (AvgIpc) is 2.16. The molecule has 1 rings (SSSR count). The Labute approximate surface area is 70.0 Å². The minimum atomic E-state index is 0.641. The second kappa shape index (κ2) is 3.75. The van der Waals surface area contributed by atoms with Gasteiger partial charge in [-0.3, -0.25) is 0 Å². The number of rotatable bonds is 0. The van der Waals surface area contributed by atoms with Crippen LogP contribution in [0, 0.1) is 5.92 Å². The van der Waals surface area contributed by atoms with Crippen molar-refractivity contribution in [3.05, 3.63) is 23.8 Å². The topological polar surface area (TPSA) is 0 Å². The van der Waals surface area contributed by atoms with Gasteiger partial charge in [-0.1, -0.05) is 30.7 Å². The molecule has 0 radical (unpaired) electrons. The summed E-state index contributed by atoms with van der Waals surface area (Å²) in [6, 6.07) is 0. The summed E-state index contributed by atoms with van der Waals surface area (Å²) in [6.45, 7) is 8.54. The Morgan fingerprint density at radius 3 is 2.64 bits per heavy atom. The molecule has 0 N–H and O–H groups in total. The first-order chi connectivity index (χ1) is 5.25. The van der Waals surface area contributed by atoms with Gasteiger partial charge in [0.05, 0.1) is 0 Å². The first kappa shape index (κ1) is 8.58. The van der Waals surface area contributed by atoms with Crippen molar-refractivity contribution in [1.82, 2.24) is 0 Å². The van der Waals surface area contributed by atoms with Crippen molar-refractivity contribution in [2.45, 2.75) is 39.5 Å². The summed E-state index contributed by atoms with van der Waals surface area (Å²) < 4.78 is 0. The predicted octanol–water partition coefficient (Wildman–Crippen LogP) is 3.70. The molecule has 0 bridgehead atoms. The van der Waals surface area contributed by atoms with E-state index in [1.807, 2.05) is 0 Å². The van der Waals surface area contributed by atoms with Gasteiger partial charge in [-0.2, -0.15) is 0 Å². The van der Waals surface area contributed by atoms with E-state index in [0.717, 1.165) is 0 Å². The Kier molecular flexibility index (Phi) is 2.92. The van der Waals surface area contributed by atoms with Gasteiger partial charge in [0.1, 0.15) is 0 Å². The molecule has 0 spiro atoms. The van der Waals surface area contributed by atoms with Crippen LogP contribution in [0.4, 0.5) is 0 Å². The van der Waals surface area contributed by atoms with Crippen LogP contribution in [0.5, 0.6) is 0 Å². The van der Waals surface area contributed by atoms with E-state index in [4.69, 9.17) is 0 Å². The van der Waals surface area contributed by atoms with E-state index in [1.54, 1.807) is 5.57 Å². The van der Waals surface area contributed by atoms with Crippen molar-refractivity contribution < 1.29 is 0 Å². The van der Waals surface area contributed by atoms with Crippen molar-refractivity contribution in [3.63, 3.8) is 0 Å². The molecule has 1 fully saturated rings. The summed E-state index contributed by atoms with van der Waals surface area (Å²) in [5, 5.41) is 0. The van der Waals surface area contributed by atoms with Gasteiger partial charge in [-0.05, 0) is 38.5 Å². The Balaban J connectivity index is 2.72. The van der Waals surface area contributed by atoms with E-state index in [0.29, 0.717) is 5.92 Å². The van der Waals surface area contributed by atoms with E-state index in [2.05, 4.69) is 26.5 Å². The highest BCUT2D eigenvalue weighted by Crippen LogP contribution is 2.30. The van der Waals surface area contributed by atoms with E-state index in [1.165, 1.54) is 31.3 Å². The lowest BCUT2D eigenvalue weighted by atomic mass is 9.92. The Morgan fingerprint density at radius 1 is 1.36 bits per heavy atom. The summed E-state index contributed by atoms with van der Waals surface area (Å²) in [7, 11) is 0. The van der Waals surface area contributed by atoms with Gasteiger partial charge in [0.15, 0.2) is 0 Å². The highest BCUT2D eigenvalue weighted by Gasteiger charge is 2.14. The van der Waals surface area contributed by atoms with Gasteiger partial charge in [0, 0.05) is 0 Å². The second-order valence-electron chi connectivity index (χ2n) is 3.45. The van der Waals surface area contributed by atoms with Crippen molar-refractivity contribution in [3.8, 4) is 0 Å². The van der Waals surface area contributed by atoms with Crippen LogP contribution in [-0.4, -0.2) is 0 Å². The van der Waals surface area contributed by atoms with Crippen LogP contribution in [0.1, 0.15) is 39.5 Å². The normalized spacial score (nSPS) is 30.5. The molecule has 1 atom stereocenters. The van der Waals surface area contributed by atoms with Crippen LogP contribution >= 0.6 is 0 Å². The quantitative estimate of drug-likeness (QED) is 0.365. The minimum Gasteiger partial charge on any atom is -0.0993 e. The monoisotopic (exact) mass is 150 g/mol. The minimum absolute atomic E-state index is 0.641. The van der Waals surface area contributed by atoms with Gasteiger partial charge in [0.2, 0.25) is 0 Å². The summed E-state index contributed by atoms with van der Waals surface area (Å²) in [5.74, 6) is 0.641. The molecule has 0 saturated heterocycles. The summed E-state index contributed by atoms with van der Waals surface area (Å²) in [6.07, 6.45) is 7.47. The largest absolute Gasteiger partial charge is 0.0993 e. The van der Waals surface area contributed by atoms with Crippen molar-refractivity contribution in [1.29, 1.82) is 0 Å². The molecule has 1 aliphatic carbocycles. The fourth-order valence-electron chi connectivity index (χ4n) is 1.77. The van der Waals surface area contributed by atoms with Crippen LogP contribution in [0.15, 0.2) is 23.8 Å². The third kappa shape index (κ3) is 1.95. The van der Waals surface area contributed by atoms with Crippen molar-refractivity contribution in [2.24, 2.45) is 5.92 Å². The van der Waals surface area contributed by atoms with E-state index in [-0.39, 0.29) is 0 Å². The van der Waals surface area contributed by atoms with Crippen LogP contribution in [-0.2, 0) is 0 Å². The lowest BCUT2D eigenvalue weighted by molar-refractivity contribution is 0.759. The third-order valence-corrected chi connectivity index (χ3v) is 2.75. The van der Waals surface area contributed by atoms with Gasteiger partial charge in [-0.15, -0.1) is 0 Å². The second-order valence-corrected chi connectivity index (χ2v) is 3.45. The van der Waals surface area contributed by atoms with E-state index < -0.39 is 0 Å². The Morgan fingerprint density at radius 2 is 2.00 bits per heavy atom. The molecular weight excluding hydrogens is 132 g/mol. The Bertz CT molecular complexity index is 174. The first-order valence-corrected chi connectivity index (χ1v) is 4.58. The average molecular weight is 150 g/mol. The highest BCUT2D eigenvalue weighted by atomic mass is 14.2. The van der Waals surface area contributed by atoms with Crippen molar-refractivity contribution in [2.75, 3.05) is 0 Å². The summed E-state index contributed by atoms with van der Waals surface area (Å²) in [5.41, 5.74) is 3.02. The molecule has 1 aliphatic rings. The summed E-state index contributed by atoms with van der Waals surface area (Å²) in [4.78, 5) is 0. The molecule has 0 aliphatic heterocycles. The molecule has 0 amide bonds. The maximum absolute atomic E-state index is 4.11. The molecular formula is C11H18. The standard InChI is InChI=1S/C11H18/c1-4-11-8-6-5-7-9(2)10(11)3/h4,10H,2,5-8H2,1,3H3/b11-4+. The van der Waals surface area contributed by atoms with Crippen molar-refractivity contribution >= 4 is 0 Å². The first-order valence-electron chi connectivity index (χ1n) is 4.58. The van der Waals surface area contributed by atoms with Gasteiger partial charge < -0.3 is 0 Å². The molecule has 62 valence electrons. The molecule has 0 aromatic heterocycles. The van der Waals surface area contributed by atoms with Crippen LogP contribution in [0.2, 0.25) is 0 Å². The zero-order chi connectivity index (χ0) is 8.27. The third-order valence-electron chi connectivity index (χ3n) is 2.75. The zero-order valence-corrected chi connectivity index (χ0v) is 7.69. The highest BCUT2D eigenvalue weighted by molar-refractivity contribution is 5.19. The lowest BCUT2D eigenvalue weighted by Gasteiger charge is -2.13. The zero-order valence-electron chi connectivity index (χ0n) is 7.69. The SMILES string of the molecule is C=C1CCCC/C(=C\C)C1C. The predicted molar refractivity (Wildman–Crippen MR) is 50.5 cm³/mol. The molecule has 0 heteroatoms. The molecule has 0 aromatic rings. The van der Waals surface area contributed by atoms with Gasteiger partial charge in [-0.25, -0.2) is 0 Å². The molecule has 0 aromatic carbocycles. The van der Waals surface area contributed by atoms with Gasteiger partial charge >= 0.3 is 0 Å². The number of hydrogen-bond acceptors (Lipinski definition) is 0. The smallest absolute Gasteiger partial charge is 0.00242 e. The number of hydrogen-bond donors (Lipinski definition) is 0. The van der Waals surface area contributed by atoms with Crippen LogP contribution in [0.25, 0.3) is 0 Å². The van der Waals surface area contributed by atoms with E-state index in [9.17, 15) is 0 Å². The molecule has 1 saturated carbocycles. The maximum atomic E-state index is 4.11. The maximum Gasteiger partial charge on any atom is -0.00242 e. The lowest BCUT2D eigenvalue weighted by Crippen LogP contribution is -1.98. The molecule has 1 unspecified atom stereocenters. The summed E-state index contributed by atoms with van der Waals surface area (Å²) >= 11 is 0. The number of allylic oxidation sites excluding steroid dienone is 3. The van der Waals surface area contributed by atoms with E-state index >= 15 is 0 Å². The molecule has 11 heavy (non-hydrogen) atoms. The van der Waals surface area contributed by atoms with Crippen LogP contribution in [0.3, 0.4) is 0 Å². The fourth-order valence-corrected chi connectivity index (χ4v) is 1.77. The van der Waals surface area contributed by atoms with Gasteiger partial charge in [0.25, 0.3) is 0 Å². The van der Waals surface area contributed by atoms with Crippen LogP contribution < -0.4 is 0 Å².